The lowest BCUT2D eigenvalue weighted by Crippen LogP contribution is -2.15. The summed E-state index contributed by atoms with van der Waals surface area (Å²) in [7, 11) is 0. The van der Waals surface area contributed by atoms with Gasteiger partial charge in [0.1, 0.15) is 12.0 Å². The minimum Gasteiger partial charge on any atom is -0.398 e. The molecule has 0 saturated heterocycles. The van der Waals surface area contributed by atoms with Crippen molar-refractivity contribution in [1.29, 1.82) is 0 Å². The number of aromatic nitrogens is 3. The highest BCUT2D eigenvalue weighted by Crippen LogP contribution is 2.44. The fourth-order valence-electron chi connectivity index (χ4n) is 3.46. The molecule has 3 N–H and O–H groups in total. The van der Waals surface area contributed by atoms with Crippen LogP contribution >= 0.6 is 0 Å². The molecule has 0 spiro atoms. The fourth-order valence-corrected chi connectivity index (χ4v) is 3.46. The number of halogens is 1. The normalized spacial score (nSPS) is 21.2. The summed E-state index contributed by atoms with van der Waals surface area (Å²) in [6, 6.07) is 5.71. The third-order valence-electron chi connectivity index (χ3n) is 5.26. The van der Waals surface area contributed by atoms with Crippen LogP contribution in [0.25, 0.3) is 21.9 Å². The first-order valence-electron chi connectivity index (χ1n) is 9.05. The van der Waals surface area contributed by atoms with E-state index >= 15 is 0 Å². The Labute approximate surface area is 155 Å². The van der Waals surface area contributed by atoms with Crippen LogP contribution in [0.4, 0.5) is 15.9 Å². The summed E-state index contributed by atoms with van der Waals surface area (Å²) in [6.45, 7) is 0. The Kier molecular flexibility index (Phi) is 3.56. The number of nitrogens with two attached hydrogens (primary N) is 1. The van der Waals surface area contributed by atoms with Gasteiger partial charge in [0.25, 0.3) is 0 Å². The first-order chi connectivity index (χ1) is 13.1. The summed E-state index contributed by atoms with van der Waals surface area (Å²) in [4.78, 5) is 16.2. The molecule has 27 heavy (non-hydrogen) atoms. The molecule has 2 aliphatic carbocycles. The highest BCUT2D eigenvalue weighted by Gasteiger charge is 2.43. The minimum absolute atomic E-state index is 0.287. The van der Waals surface area contributed by atoms with Crippen LogP contribution in [0, 0.1) is 5.92 Å². The maximum Gasteiger partial charge on any atom is 0.231 e. The van der Waals surface area contributed by atoms with E-state index in [2.05, 4.69) is 20.5 Å². The molecule has 6 nitrogen and oxygen atoms in total. The molecule has 3 aromatic rings. The zero-order valence-corrected chi connectivity index (χ0v) is 14.5. The molecule has 136 valence electrons. The number of pyridine rings is 1. The molecule has 0 bridgehead atoms. The van der Waals surface area contributed by atoms with Crippen LogP contribution in [0.15, 0.2) is 36.8 Å². The van der Waals surface area contributed by atoms with Crippen LogP contribution in [0.2, 0.25) is 0 Å². The van der Waals surface area contributed by atoms with Crippen molar-refractivity contribution in [3.8, 4) is 11.1 Å². The van der Waals surface area contributed by atoms with Crippen molar-refractivity contribution in [2.75, 3.05) is 11.1 Å². The van der Waals surface area contributed by atoms with Crippen molar-refractivity contribution in [2.24, 2.45) is 5.92 Å². The number of amides is 1. The lowest BCUT2D eigenvalue weighted by atomic mass is 9.97. The topological polar surface area (TPSA) is 93.8 Å². The zero-order chi connectivity index (χ0) is 18.5. The number of fused-ring (bicyclic) bond motifs is 1. The van der Waals surface area contributed by atoms with Gasteiger partial charge < -0.3 is 11.1 Å². The number of nitrogens with zero attached hydrogens (tertiary/aromatic N) is 3. The Morgan fingerprint density at radius 1 is 1.15 bits per heavy atom. The summed E-state index contributed by atoms with van der Waals surface area (Å²) in [5, 5.41) is 12.4. The molecular formula is C20H18FN5O. The third kappa shape index (κ3) is 2.99. The highest BCUT2D eigenvalue weighted by molar-refractivity contribution is 6.00. The first-order valence-corrected chi connectivity index (χ1v) is 9.05. The van der Waals surface area contributed by atoms with Crippen molar-refractivity contribution in [3.63, 3.8) is 0 Å². The van der Waals surface area contributed by atoms with Crippen molar-refractivity contribution in [1.82, 2.24) is 15.2 Å². The second-order valence-electron chi connectivity index (χ2n) is 7.34. The van der Waals surface area contributed by atoms with Crippen LogP contribution in [0.3, 0.4) is 0 Å². The molecule has 7 heteroatoms. The number of hydrogen-bond acceptors (Lipinski definition) is 5. The maximum absolute atomic E-state index is 13.1. The van der Waals surface area contributed by atoms with E-state index in [0.29, 0.717) is 17.4 Å². The van der Waals surface area contributed by atoms with Gasteiger partial charge in [0.05, 0.1) is 18.3 Å². The Hall–Kier alpha value is -3.09. The van der Waals surface area contributed by atoms with Crippen molar-refractivity contribution >= 4 is 28.2 Å². The number of hydrogen-bond donors (Lipinski definition) is 2. The third-order valence-corrected chi connectivity index (χ3v) is 5.26. The van der Waals surface area contributed by atoms with E-state index in [1.54, 1.807) is 18.5 Å². The van der Waals surface area contributed by atoms with E-state index in [1.165, 1.54) is 18.4 Å². The largest absolute Gasteiger partial charge is 0.398 e. The molecule has 0 unspecified atom stereocenters. The molecule has 2 atom stereocenters. The summed E-state index contributed by atoms with van der Waals surface area (Å²) < 4.78 is 13.1. The summed E-state index contributed by atoms with van der Waals surface area (Å²) in [5.41, 5.74) is 10.0. The molecule has 1 amide bonds. The quantitative estimate of drug-likeness (QED) is 0.693. The maximum atomic E-state index is 13.1. The molecule has 2 fully saturated rings. The number of alkyl halides is 1. The number of anilines is 2. The first kappa shape index (κ1) is 16.1. The molecule has 5 rings (SSSR count). The molecule has 0 aliphatic heterocycles. The predicted octanol–water partition coefficient (Wildman–Crippen LogP) is 3.45. The predicted molar refractivity (Wildman–Crippen MR) is 101 cm³/mol. The minimum atomic E-state index is -1.03. The Bertz CT molecular complexity index is 1070. The van der Waals surface area contributed by atoms with E-state index in [1.807, 2.05) is 18.3 Å². The van der Waals surface area contributed by atoms with Gasteiger partial charge in [-0.05, 0) is 59.9 Å². The van der Waals surface area contributed by atoms with Gasteiger partial charge in [-0.25, -0.2) is 9.37 Å². The van der Waals surface area contributed by atoms with Gasteiger partial charge in [-0.3, -0.25) is 4.79 Å². The SMILES string of the molecule is Nc1cc(-c2cnncc2C2CC2)cc2cc(NC(=O)[C@H]3C[C@H]3F)ncc12. The second-order valence-corrected chi connectivity index (χ2v) is 7.34. The van der Waals surface area contributed by atoms with E-state index in [4.69, 9.17) is 5.73 Å². The zero-order valence-electron chi connectivity index (χ0n) is 14.5. The molecular weight excluding hydrogens is 345 g/mol. The Morgan fingerprint density at radius 2 is 1.93 bits per heavy atom. The van der Waals surface area contributed by atoms with Crippen LogP contribution < -0.4 is 11.1 Å². The number of carbonyl (C=O) groups excluding carboxylic acids is 1. The molecule has 2 heterocycles. The molecule has 2 saturated carbocycles. The summed E-state index contributed by atoms with van der Waals surface area (Å²) in [6.07, 6.45) is 6.82. The van der Waals surface area contributed by atoms with Crippen LogP contribution in [0.1, 0.15) is 30.7 Å². The van der Waals surface area contributed by atoms with Crippen LogP contribution in [-0.2, 0) is 4.79 Å². The molecule has 1 aromatic carbocycles. The second kappa shape index (κ2) is 5.97. The van der Waals surface area contributed by atoms with Crippen molar-refractivity contribution < 1.29 is 9.18 Å². The van der Waals surface area contributed by atoms with Crippen molar-refractivity contribution in [3.05, 3.63) is 42.4 Å². The van der Waals surface area contributed by atoms with Gasteiger partial charge in [0.15, 0.2) is 0 Å². The summed E-state index contributed by atoms with van der Waals surface area (Å²) in [5.74, 6) is 0.0565. The lowest BCUT2D eigenvalue weighted by molar-refractivity contribution is -0.117. The van der Waals surface area contributed by atoms with Crippen LogP contribution in [0.5, 0.6) is 0 Å². The Balaban J connectivity index is 1.54. The van der Waals surface area contributed by atoms with Gasteiger partial charge in [-0.1, -0.05) is 0 Å². The fraction of sp³-hybridized carbons (Fsp3) is 0.300. The van der Waals surface area contributed by atoms with Crippen molar-refractivity contribution in [2.45, 2.75) is 31.4 Å². The van der Waals surface area contributed by atoms with Gasteiger partial charge >= 0.3 is 0 Å². The number of benzene rings is 1. The Morgan fingerprint density at radius 3 is 2.67 bits per heavy atom. The molecule has 2 aliphatic rings. The van der Waals surface area contributed by atoms with Gasteiger partial charge in [0.2, 0.25) is 5.91 Å². The van der Waals surface area contributed by atoms with E-state index in [0.717, 1.165) is 21.9 Å². The average molecular weight is 363 g/mol. The number of nitrogen functional groups attached to an aromatic ring is 1. The average Bonchev–Trinajstić information content (AvgIpc) is 3.57. The smallest absolute Gasteiger partial charge is 0.231 e. The van der Waals surface area contributed by atoms with Gasteiger partial charge in [-0.2, -0.15) is 10.2 Å². The van der Waals surface area contributed by atoms with E-state index < -0.39 is 12.1 Å². The van der Waals surface area contributed by atoms with Gasteiger partial charge in [-0.15, -0.1) is 0 Å². The lowest BCUT2D eigenvalue weighted by Gasteiger charge is -2.11. The van der Waals surface area contributed by atoms with E-state index in [9.17, 15) is 9.18 Å². The number of rotatable bonds is 4. The van der Waals surface area contributed by atoms with Crippen LogP contribution in [-0.4, -0.2) is 27.3 Å². The molecule has 0 radical (unpaired) electrons. The van der Waals surface area contributed by atoms with Gasteiger partial charge in [0, 0.05) is 22.8 Å². The highest BCUT2D eigenvalue weighted by atomic mass is 19.1. The number of nitrogens with one attached hydrogen (secondary N) is 1. The standard InChI is InChI=1S/C20H18FN5O/c21-17-6-13(17)20(27)26-19-5-12-3-11(4-18(22)16(12)7-23-19)15-9-25-24-8-14(15)10-1-2-10/h3-5,7-10,13,17H,1-2,6,22H2,(H,23,26,27)/t13-,17+/m0/s1. The van der Waals surface area contributed by atoms with E-state index in [-0.39, 0.29) is 12.3 Å². The molecule has 2 aromatic heterocycles. The number of carbonyl (C=O) groups is 1. The monoisotopic (exact) mass is 363 g/mol. The summed E-state index contributed by atoms with van der Waals surface area (Å²) >= 11 is 0.